The fraction of sp³-hybridized carbons (Fsp3) is 0.455. The maximum Gasteiger partial charge on any atom is 0.294 e. The van der Waals surface area contributed by atoms with Crippen LogP contribution in [-0.4, -0.2) is 13.0 Å². The minimum absolute atomic E-state index is 0.107. The van der Waals surface area contributed by atoms with Crippen molar-refractivity contribution in [3.05, 3.63) is 29.3 Å². The molecule has 0 aliphatic carbocycles. The summed E-state index contributed by atoms with van der Waals surface area (Å²) in [5, 5.41) is 0. The lowest BCUT2D eigenvalue weighted by Crippen LogP contribution is -2.33. The second kappa shape index (κ2) is 4.16. The van der Waals surface area contributed by atoms with Crippen LogP contribution in [-0.2, 0) is 15.7 Å². The molecule has 5 heteroatoms. The average Bonchev–Trinajstić information content (AvgIpc) is 2.15. The van der Waals surface area contributed by atoms with Gasteiger partial charge in [0, 0.05) is 5.54 Å². The van der Waals surface area contributed by atoms with Gasteiger partial charge in [0.2, 0.25) is 0 Å². The van der Waals surface area contributed by atoms with Crippen LogP contribution in [0.1, 0.15) is 31.4 Å². The standard InChI is InChI=1S/C11H17NO3S/c1-4-11(3,12)9-7-8(2)5-6-10(9)16(13,14)15/h5-7H,4,12H2,1-3H3,(H,13,14,15). The van der Waals surface area contributed by atoms with E-state index in [4.69, 9.17) is 10.3 Å². The summed E-state index contributed by atoms with van der Waals surface area (Å²) >= 11 is 0. The number of aryl methyl sites for hydroxylation is 1. The summed E-state index contributed by atoms with van der Waals surface area (Å²) in [4.78, 5) is -0.107. The van der Waals surface area contributed by atoms with Crippen LogP contribution in [0.4, 0.5) is 0 Å². The van der Waals surface area contributed by atoms with Crippen LogP contribution in [0.15, 0.2) is 23.1 Å². The molecular formula is C11H17NO3S. The van der Waals surface area contributed by atoms with Gasteiger partial charge in [-0.25, -0.2) is 0 Å². The van der Waals surface area contributed by atoms with E-state index in [0.717, 1.165) is 5.56 Å². The molecule has 1 aromatic carbocycles. The minimum Gasteiger partial charge on any atom is -0.322 e. The van der Waals surface area contributed by atoms with Gasteiger partial charge in [0.25, 0.3) is 10.1 Å². The molecule has 1 aromatic rings. The van der Waals surface area contributed by atoms with Crippen LogP contribution in [0.5, 0.6) is 0 Å². The van der Waals surface area contributed by atoms with Crippen LogP contribution in [0, 0.1) is 6.92 Å². The van der Waals surface area contributed by atoms with Crippen molar-refractivity contribution in [3.63, 3.8) is 0 Å². The van der Waals surface area contributed by atoms with Crippen molar-refractivity contribution in [1.82, 2.24) is 0 Å². The van der Waals surface area contributed by atoms with Gasteiger partial charge in [-0.1, -0.05) is 24.6 Å². The van der Waals surface area contributed by atoms with E-state index in [1.165, 1.54) is 6.07 Å². The molecule has 0 spiro atoms. The van der Waals surface area contributed by atoms with Crippen LogP contribution in [0.2, 0.25) is 0 Å². The Morgan fingerprint density at radius 3 is 2.44 bits per heavy atom. The molecule has 3 N–H and O–H groups in total. The molecule has 90 valence electrons. The van der Waals surface area contributed by atoms with Crippen molar-refractivity contribution in [2.45, 2.75) is 37.6 Å². The highest BCUT2D eigenvalue weighted by molar-refractivity contribution is 7.85. The maximum absolute atomic E-state index is 11.2. The molecule has 4 nitrogen and oxygen atoms in total. The van der Waals surface area contributed by atoms with E-state index in [-0.39, 0.29) is 4.90 Å². The number of nitrogens with two attached hydrogens (primary N) is 1. The number of hydrogen-bond acceptors (Lipinski definition) is 3. The van der Waals surface area contributed by atoms with Gasteiger partial charge in [-0.2, -0.15) is 8.42 Å². The van der Waals surface area contributed by atoms with E-state index in [1.54, 1.807) is 19.1 Å². The zero-order chi connectivity index (χ0) is 12.6. The minimum atomic E-state index is -4.22. The lowest BCUT2D eigenvalue weighted by molar-refractivity contribution is 0.450. The molecule has 0 amide bonds. The summed E-state index contributed by atoms with van der Waals surface area (Å²) in [6.45, 7) is 5.47. The Kier molecular flexibility index (Phi) is 3.42. The molecule has 0 radical (unpaired) electrons. The van der Waals surface area contributed by atoms with E-state index in [2.05, 4.69) is 0 Å². The number of benzene rings is 1. The van der Waals surface area contributed by atoms with Crippen LogP contribution >= 0.6 is 0 Å². The largest absolute Gasteiger partial charge is 0.322 e. The van der Waals surface area contributed by atoms with Gasteiger partial charge >= 0.3 is 0 Å². The molecule has 1 unspecified atom stereocenters. The monoisotopic (exact) mass is 243 g/mol. The van der Waals surface area contributed by atoms with Gasteiger partial charge in [-0.15, -0.1) is 0 Å². The Morgan fingerprint density at radius 2 is 2.00 bits per heavy atom. The van der Waals surface area contributed by atoms with Gasteiger partial charge in [-0.05, 0) is 31.9 Å². The summed E-state index contributed by atoms with van der Waals surface area (Å²) in [6.07, 6.45) is 0.582. The first-order valence-corrected chi connectivity index (χ1v) is 6.50. The van der Waals surface area contributed by atoms with Crippen molar-refractivity contribution in [1.29, 1.82) is 0 Å². The van der Waals surface area contributed by atoms with E-state index in [0.29, 0.717) is 12.0 Å². The maximum atomic E-state index is 11.2. The van der Waals surface area contributed by atoms with E-state index in [9.17, 15) is 8.42 Å². The molecule has 0 fully saturated rings. The highest BCUT2D eigenvalue weighted by atomic mass is 32.2. The molecule has 0 bridgehead atoms. The second-order valence-corrected chi connectivity index (χ2v) is 5.64. The molecule has 0 aliphatic heterocycles. The first kappa shape index (κ1) is 13.2. The number of rotatable bonds is 3. The van der Waals surface area contributed by atoms with Crippen LogP contribution < -0.4 is 5.73 Å². The van der Waals surface area contributed by atoms with Crippen molar-refractivity contribution < 1.29 is 13.0 Å². The average molecular weight is 243 g/mol. The SMILES string of the molecule is CCC(C)(N)c1cc(C)ccc1S(=O)(=O)O. The molecule has 0 saturated heterocycles. The van der Waals surface area contributed by atoms with Gasteiger partial charge in [0.05, 0.1) is 4.90 Å². The Balaban J connectivity index is 3.54. The van der Waals surface area contributed by atoms with Gasteiger partial charge in [0.15, 0.2) is 0 Å². The lowest BCUT2D eigenvalue weighted by atomic mass is 9.89. The first-order chi connectivity index (χ1) is 7.18. The third kappa shape index (κ3) is 2.61. The van der Waals surface area contributed by atoms with Crippen molar-refractivity contribution in [2.24, 2.45) is 5.73 Å². The summed E-state index contributed by atoms with van der Waals surface area (Å²) in [7, 11) is -4.22. The predicted molar refractivity (Wildman–Crippen MR) is 62.8 cm³/mol. The smallest absolute Gasteiger partial charge is 0.294 e. The summed E-state index contributed by atoms with van der Waals surface area (Å²) in [5.74, 6) is 0. The molecule has 16 heavy (non-hydrogen) atoms. The van der Waals surface area contributed by atoms with Crippen molar-refractivity contribution in [2.75, 3.05) is 0 Å². The summed E-state index contributed by atoms with van der Waals surface area (Å²) in [6, 6.07) is 4.73. The lowest BCUT2D eigenvalue weighted by Gasteiger charge is -2.25. The predicted octanol–water partition coefficient (Wildman–Crippen LogP) is 1.83. The summed E-state index contributed by atoms with van der Waals surface area (Å²) in [5.41, 5.74) is 6.63. The molecular weight excluding hydrogens is 226 g/mol. The number of hydrogen-bond donors (Lipinski definition) is 2. The third-order valence-electron chi connectivity index (χ3n) is 2.76. The van der Waals surface area contributed by atoms with E-state index >= 15 is 0 Å². The third-order valence-corrected chi connectivity index (χ3v) is 3.67. The Morgan fingerprint density at radius 1 is 1.44 bits per heavy atom. The van der Waals surface area contributed by atoms with Crippen molar-refractivity contribution in [3.8, 4) is 0 Å². The zero-order valence-corrected chi connectivity index (χ0v) is 10.5. The topological polar surface area (TPSA) is 80.4 Å². The fourth-order valence-corrected chi connectivity index (χ4v) is 2.32. The van der Waals surface area contributed by atoms with E-state index < -0.39 is 15.7 Å². The van der Waals surface area contributed by atoms with Gasteiger partial charge in [-0.3, -0.25) is 4.55 Å². The Labute approximate surface area is 96.2 Å². The second-order valence-electron chi connectivity index (χ2n) is 4.25. The van der Waals surface area contributed by atoms with Gasteiger partial charge < -0.3 is 5.73 Å². The molecule has 0 aliphatic rings. The van der Waals surface area contributed by atoms with Crippen LogP contribution in [0.3, 0.4) is 0 Å². The highest BCUT2D eigenvalue weighted by Gasteiger charge is 2.27. The molecule has 0 aromatic heterocycles. The zero-order valence-electron chi connectivity index (χ0n) is 9.69. The van der Waals surface area contributed by atoms with Crippen LogP contribution in [0.25, 0.3) is 0 Å². The molecule has 0 heterocycles. The molecule has 0 saturated carbocycles. The van der Waals surface area contributed by atoms with Crippen molar-refractivity contribution >= 4 is 10.1 Å². The molecule has 1 rings (SSSR count). The normalized spacial score (nSPS) is 15.8. The fourth-order valence-electron chi connectivity index (χ4n) is 1.51. The Hall–Kier alpha value is -0.910. The first-order valence-electron chi connectivity index (χ1n) is 5.06. The quantitative estimate of drug-likeness (QED) is 0.794. The summed E-state index contributed by atoms with van der Waals surface area (Å²) < 4.78 is 31.6. The van der Waals surface area contributed by atoms with Gasteiger partial charge in [0.1, 0.15) is 0 Å². The molecule has 1 atom stereocenters. The van der Waals surface area contributed by atoms with E-state index in [1.807, 2.05) is 13.8 Å². The Bertz CT molecular complexity index is 492. The highest BCUT2D eigenvalue weighted by Crippen LogP contribution is 2.28.